The van der Waals surface area contributed by atoms with Crippen molar-refractivity contribution in [3.8, 4) is 0 Å². The van der Waals surface area contributed by atoms with Gasteiger partial charge in [-0.1, -0.05) is 25.1 Å². The summed E-state index contributed by atoms with van der Waals surface area (Å²) in [7, 11) is 0. The second kappa shape index (κ2) is 9.11. The maximum atomic E-state index is 11.6. The second-order valence-corrected chi connectivity index (χ2v) is 5.33. The Morgan fingerprint density at radius 3 is 2.72 bits per heavy atom. The molecular weight excluding hydrogens is 268 g/mol. The van der Waals surface area contributed by atoms with Crippen LogP contribution in [0, 0.1) is 0 Å². The van der Waals surface area contributed by atoms with Gasteiger partial charge in [-0.05, 0) is 24.3 Å². The fraction of sp³-hybridized carbons (Fsp3) is 0.462. The first kappa shape index (κ1) is 17.1. The zero-order chi connectivity index (χ0) is 12.7. The van der Waals surface area contributed by atoms with Gasteiger partial charge in [-0.2, -0.15) is 11.8 Å². The maximum Gasteiger partial charge on any atom is 0.220 e. The molecule has 1 unspecified atom stereocenters. The molecule has 1 aromatic rings. The van der Waals surface area contributed by atoms with Crippen LogP contribution >= 0.6 is 24.2 Å². The number of hydrogen-bond donors (Lipinski definition) is 2. The lowest BCUT2D eigenvalue weighted by atomic mass is 10.1. The minimum Gasteiger partial charge on any atom is -0.399 e. The number of anilines is 1. The first-order valence-electron chi connectivity index (χ1n) is 5.76. The first-order valence-corrected chi connectivity index (χ1v) is 7.05. The summed E-state index contributed by atoms with van der Waals surface area (Å²) in [6.45, 7) is 2.82. The Morgan fingerprint density at radius 2 is 2.11 bits per heavy atom. The van der Waals surface area contributed by atoms with Gasteiger partial charge in [-0.3, -0.25) is 4.79 Å². The van der Waals surface area contributed by atoms with Crippen LogP contribution in [0.3, 0.4) is 0 Å². The number of nitrogens with two attached hydrogens (primary N) is 1. The summed E-state index contributed by atoms with van der Waals surface area (Å²) in [5, 5.41) is 3.38. The Labute approximate surface area is 119 Å². The van der Waals surface area contributed by atoms with Gasteiger partial charge < -0.3 is 11.1 Å². The van der Waals surface area contributed by atoms with Gasteiger partial charge in [0.25, 0.3) is 0 Å². The van der Waals surface area contributed by atoms with Crippen LogP contribution in [-0.4, -0.2) is 24.0 Å². The number of halogens is 1. The van der Waals surface area contributed by atoms with Crippen molar-refractivity contribution < 1.29 is 4.79 Å². The normalized spacial score (nSPS) is 11.4. The largest absolute Gasteiger partial charge is 0.399 e. The molecule has 1 aromatic carbocycles. The Balaban J connectivity index is 0.00000289. The third kappa shape index (κ3) is 6.17. The summed E-state index contributed by atoms with van der Waals surface area (Å²) in [6.07, 6.45) is 3.24. The zero-order valence-corrected chi connectivity index (χ0v) is 12.4. The highest BCUT2D eigenvalue weighted by Gasteiger charge is 2.05. The van der Waals surface area contributed by atoms with Gasteiger partial charge in [0.2, 0.25) is 5.91 Å². The summed E-state index contributed by atoms with van der Waals surface area (Å²) in [6, 6.07) is 7.68. The quantitative estimate of drug-likeness (QED) is 0.791. The number of thioether (sulfide) groups is 1. The molecule has 0 bridgehead atoms. The number of aryl methyl sites for hydroxylation is 1. The van der Waals surface area contributed by atoms with Crippen molar-refractivity contribution in [1.82, 2.24) is 5.32 Å². The lowest BCUT2D eigenvalue weighted by Gasteiger charge is -2.10. The molecule has 0 aliphatic rings. The summed E-state index contributed by atoms with van der Waals surface area (Å²) < 4.78 is 0. The highest BCUT2D eigenvalue weighted by atomic mass is 35.5. The molecule has 0 radical (unpaired) electrons. The van der Waals surface area contributed by atoms with E-state index in [1.165, 1.54) is 0 Å². The summed E-state index contributed by atoms with van der Waals surface area (Å²) in [4.78, 5) is 11.6. The van der Waals surface area contributed by atoms with E-state index in [1.807, 2.05) is 30.5 Å². The first-order chi connectivity index (χ1) is 8.13. The fourth-order valence-corrected chi connectivity index (χ4v) is 1.69. The van der Waals surface area contributed by atoms with Crippen molar-refractivity contribution >= 4 is 35.8 Å². The average Bonchev–Trinajstić information content (AvgIpc) is 2.35. The summed E-state index contributed by atoms with van der Waals surface area (Å²) in [5.74, 6) is 0.0918. The van der Waals surface area contributed by atoms with Crippen LogP contribution in [0.5, 0.6) is 0 Å². The number of amides is 1. The predicted octanol–water partition coefficient (Wildman–Crippen LogP) is 2.49. The van der Waals surface area contributed by atoms with Gasteiger partial charge in [0, 0.05) is 23.9 Å². The number of rotatable bonds is 6. The average molecular weight is 289 g/mol. The molecule has 0 fully saturated rings. The molecule has 0 aliphatic carbocycles. The van der Waals surface area contributed by atoms with Crippen LogP contribution in [0.1, 0.15) is 18.9 Å². The lowest BCUT2D eigenvalue weighted by Crippen LogP contribution is -2.29. The van der Waals surface area contributed by atoms with Crippen LogP contribution in [0.25, 0.3) is 0 Å². The van der Waals surface area contributed by atoms with Gasteiger partial charge in [0.05, 0.1) is 0 Å². The van der Waals surface area contributed by atoms with Crippen LogP contribution in [0.15, 0.2) is 24.3 Å². The fourth-order valence-electron chi connectivity index (χ4n) is 1.44. The topological polar surface area (TPSA) is 55.1 Å². The molecule has 0 spiro atoms. The van der Waals surface area contributed by atoms with E-state index < -0.39 is 0 Å². The van der Waals surface area contributed by atoms with E-state index in [-0.39, 0.29) is 18.3 Å². The molecule has 3 nitrogen and oxygen atoms in total. The monoisotopic (exact) mass is 288 g/mol. The van der Waals surface area contributed by atoms with Crippen molar-refractivity contribution in [1.29, 1.82) is 0 Å². The standard InChI is InChI=1S/C13H20N2OS.ClH/c1-10(17-2)9-15-13(16)8-7-11-5-3-4-6-12(11)14;/h3-6,10H,7-9,14H2,1-2H3,(H,15,16);1H. The van der Waals surface area contributed by atoms with Crippen molar-refractivity contribution in [2.45, 2.75) is 25.0 Å². The van der Waals surface area contributed by atoms with Gasteiger partial charge in [-0.25, -0.2) is 0 Å². The van der Waals surface area contributed by atoms with Crippen LogP contribution < -0.4 is 11.1 Å². The molecule has 0 aromatic heterocycles. The molecular formula is C13H21ClN2OS. The molecule has 0 saturated carbocycles. The molecule has 1 amide bonds. The number of carbonyl (C=O) groups is 1. The molecule has 102 valence electrons. The molecule has 0 heterocycles. The van der Waals surface area contributed by atoms with E-state index in [0.717, 1.165) is 17.8 Å². The third-order valence-electron chi connectivity index (χ3n) is 2.67. The van der Waals surface area contributed by atoms with E-state index in [9.17, 15) is 4.79 Å². The Kier molecular flexibility index (Phi) is 8.67. The van der Waals surface area contributed by atoms with E-state index in [2.05, 4.69) is 12.2 Å². The van der Waals surface area contributed by atoms with Crippen LogP contribution in [0.4, 0.5) is 5.69 Å². The number of carbonyl (C=O) groups excluding carboxylic acids is 1. The minimum absolute atomic E-state index is 0. The molecule has 0 aliphatic heterocycles. The Bertz CT molecular complexity index is 374. The van der Waals surface area contributed by atoms with Gasteiger partial charge >= 0.3 is 0 Å². The number of nitrogens with one attached hydrogen (secondary N) is 1. The summed E-state index contributed by atoms with van der Waals surface area (Å²) >= 11 is 1.75. The van der Waals surface area contributed by atoms with Crippen LogP contribution in [0.2, 0.25) is 0 Å². The zero-order valence-electron chi connectivity index (χ0n) is 10.8. The smallest absolute Gasteiger partial charge is 0.220 e. The predicted molar refractivity (Wildman–Crippen MR) is 82.4 cm³/mol. The van der Waals surface area contributed by atoms with Gasteiger partial charge in [-0.15, -0.1) is 12.4 Å². The van der Waals surface area contributed by atoms with Crippen molar-refractivity contribution in [3.63, 3.8) is 0 Å². The summed E-state index contributed by atoms with van der Waals surface area (Å²) in [5.41, 5.74) is 7.62. The number of nitrogen functional groups attached to an aromatic ring is 1. The van der Waals surface area contributed by atoms with Crippen molar-refractivity contribution in [2.75, 3.05) is 18.5 Å². The number of hydrogen-bond acceptors (Lipinski definition) is 3. The van der Waals surface area contributed by atoms with Crippen LogP contribution in [-0.2, 0) is 11.2 Å². The van der Waals surface area contributed by atoms with Crippen molar-refractivity contribution in [2.24, 2.45) is 0 Å². The Hall–Kier alpha value is -0.870. The number of para-hydroxylation sites is 1. The van der Waals surface area contributed by atoms with Crippen molar-refractivity contribution in [3.05, 3.63) is 29.8 Å². The SMILES string of the molecule is CSC(C)CNC(=O)CCc1ccccc1N.Cl. The van der Waals surface area contributed by atoms with Gasteiger partial charge in [0.1, 0.15) is 0 Å². The minimum atomic E-state index is 0. The van der Waals surface area contributed by atoms with Gasteiger partial charge in [0.15, 0.2) is 0 Å². The Morgan fingerprint density at radius 1 is 1.44 bits per heavy atom. The maximum absolute atomic E-state index is 11.6. The lowest BCUT2D eigenvalue weighted by molar-refractivity contribution is -0.121. The second-order valence-electron chi connectivity index (χ2n) is 4.05. The third-order valence-corrected chi connectivity index (χ3v) is 3.64. The highest BCUT2D eigenvalue weighted by molar-refractivity contribution is 7.99. The van der Waals surface area contributed by atoms with E-state index >= 15 is 0 Å². The van der Waals surface area contributed by atoms with E-state index in [1.54, 1.807) is 11.8 Å². The molecule has 5 heteroatoms. The molecule has 1 rings (SSSR count). The molecule has 0 saturated heterocycles. The molecule has 18 heavy (non-hydrogen) atoms. The number of benzene rings is 1. The highest BCUT2D eigenvalue weighted by Crippen LogP contribution is 2.12. The molecule has 3 N–H and O–H groups in total. The molecule has 1 atom stereocenters. The van der Waals surface area contributed by atoms with E-state index in [4.69, 9.17) is 5.73 Å². The van der Waals surface area contributed by atoms with E-state index in [0.29, 0.717) is 18.1 Å².